The van der Waals surface area contributed by atoms with Crippen LogP contribution in [-0.2, 0) is 18.9 Å². The van der Waals surface area contributed by atoms with E-state index in [9.17, 15) is 18.8 Å². The molecule has 0 spiro atoms. The maximum absolute atomic E-state index is 14.1. The van der Waals surface area contributed by atoms with Crippen LogP contribution < -0.4 is 0 Å². The fourth-order valence-corrected chi connectivity index (χ4v) is 2.34. The zero-order valence-electron chi connectivity index (χ0n) is 10.6. The van der Waals surface area contributed by atoms with Gasteiger partial charge < -0.3 is 9.31 Å². The third-order valence-corrected chi connectivity index (χ3v) is 3.43. The Hall–Kier alpha value is -1.74. The second-order valence-corrected chi connectivity index (χ2v) is 5.21. The number of nitrogens with zero attached hydrogens (tertiary/aromatic N) is 1. The zero-order valence-corrected chi connectivity index (χ0v) is 11.4. The van der Waals surface area contributed by atoms with Crippen LogP contribution in [0.1, 0.15) is 9.67 Å². The number of hydrogen-bond donors (Lipinski definition) is 0. The highest BCUT2D eigenvalue weighted by molar-refractivity contribution is 7.12. The molecule has 0 saturated carbocycles. The van der Waals surface area contributed by atoms with Crippen molar-refractivity contribution in [3.05, 3.63) is 22.4 Å². The Morgan fingerprint density at radius 3 is 2.50 bits per heavy atom. The Balaban J connectivity index is 2.11. The van der Waals surface area contributed by atoms with Gasteiger partial charge in [0.05, 0.1) is 18.0 Å². The number of hydrogen-bond acceptors (Lipinski definition) is 7. The molecule has 9 heteroatoms. The number of carbonyl (C=O) groups excluding carboxylic acids is 3. The van der Waals surface area contributed by atoms with E-state index in [4.69, 9.17) is 9.31 Å². The molecule has 1 aliphatic heterocycles. The van der Waals surface area contributed by atoms with Gasteiger partial charge in [-0.1, -0.05) is 6.07 Å². The molecule has 0 amide bonds. The number of halogens is 1. The third kappa shape index (κ3) is 3.43. The summed E-state index contributed by atoms with van der Waals surface area (Å²) in [5.41, 5.74) is 0. The van der Waals surface area contributed by atoms with Crippen LogP contribution in [-0.4, -0.2) is 55.9 Å². The summed E-state index contributed by atoms with van der Waals surface area (Å²) in [5, 5.41) is 1.62. The fraction of sp³-hybridized carbons (Fsp3) is 0.364. The van der Waals surface area contributed by atoms with E-state index in [1.807, 2.05) is 0 Å². The summed E-state index contributed by atoms with van der Waals surface area (Å²) in [7, 11) is -0.314. The first-order chi connectivity index (χ1) is 9.47. The number of ketones is 1. The molecule has 6 nitrogen and oxygen atoms in total. The number of thiophene rings is 1. The van der Waals surface area contributed by atoms with E-state index in [1.54, 1.807) is 11.4 Å². The number of likely N-dealkylation sites (N-methyl/N-ethyl adjacent to an activating group) is 1. The van der Waals surface area contributed by atoms with Gasteiger partial charge in [-0.15, -0.1) is 11.3 Å². The summed E-state index contributed by atoms with van der Waals surface area (Å²) in [6.07, 6.45) is -2.23. The summed E-state index contributed by atoms with van der Waals surface area (Å²) >= 11 is 1.06. The van der Waals surface area contributed by atoms with E-state index in [0.29, 0.717) is 0 Å². The van der Waals surface area contributed by atoms with Crippen molar-refractivity contribution in [2.24, 2.45) is 0 Å². The van der Waals surface area contributed by atoms with Crippen molar-refractivity contribution in [1.82, 2.24) is 4.90 Å². The summed E-state index contributed by atoms with van der Waals surface area (Å²) < 4.78 is 23.5. The van der Waals surface area contributed by atoms with Crippen molar-refractivity contribution < 1.29 is 28.1 Å². The maximum atomic E-state index is 14.1. The highest BCUT2D eigenvalue weighted by Gasteiger charge is 2.45. The van der Waals surface area contributed by atoms with Crippen LogP contribution in [0.15, 0.2) is 17.5 Å². The first-order valence-electron chi connectivity index (χ1n) is 5.76. The summed E-state index contributed by atoms with van der Waals surface area (Å²) in [4.78, 5) is 36.3. The smallest absolute Gasteiger partial charge is 0.496 e. The Kier molecular flexibility index (Phi) is 4.51. The lowest BCUT2D eigenvalue weighted by atomic mass is 9.79. The summed E-state index contributed by atoms with van der Waals surface area (Å²) in [5.74, 6) is -2.39. The molecule has 0 aromatic carbocycles. The first kappa shape index (κ1) is 14.7. The molecule has 1 aliphatic rings. The van der Waals surface area contributed by atoms with Crippen molar-refractivity contribution in [2.45, 2.75) is 6.07 Å². The van der Waals surface area contributed by atoms with Gasteiger partial charge in [-0.2, -0.15) is 0 Å². The third-order valence-electron chi connectivity index (χ3n) is 2.55. The molecule has 2 heterocycles. The van der Waals surface area contributed by atoms with Crippen molar-refractivity contribution >= 4 is 36.2 Å². The largest absolute Gasteiger partial charge is 0.644 e. The molecule has 1 aromatic heterocycles. The quantitative estimate of drug-likeness (QED) is 0.591. The molecule has 0 aliphatic carbocycles. The van der Waals surface area contributed by atoms with Crippen LogP contribution in [0.25, 0.3) is 0 Å². The van der Waals surface area contributed by atoms with E-state index in [1.165, 1.54) is 18.0 Å². The van der Waals surface area contributed by atoms with Crippen LogP contribution in [0.3, 0.4) is 0 Å². The van der Waals surface area contributed by atoms with Crippen LogP contribution >= 0.6 is 11.3 Å². The Morgan fingerprint density at radius 2 is 2.00 bits per heavy atom. The zero-order chi connectivity index (χ0) is 14.7. The molecule has 1 fully saturated rings. The van der Waals surface area contributed by atoms with E-state index < -0.39 is 30.9 Å². The van der Waals surface area contributed by atoms with Crippen LogP contribution in [0.2, 0.25) is 0 Å². The average molecular weight is 299 g/mol. The lowest BCUT2D eigenvalue weighted by Crippen LogP contribution is -2.48. The van der Waals surface area contributed by atoms with Gasteiger partial charge in [0.2, 0.25) is 11.9 Å². The fourth-order valence-electron chi connectivity index (χ4n) is 1.65. The molecular weight excluding hydrogens is 288 g/mol. The maximum Gasteiger partial charge on any atom is 0.644 e. The van der Waals surface area contributed by atoms with Gasteiger partial charge in [-0.3, -0.25) is 19.3 Å². The van der Waals surface area contributed by atoms with Crippen LogP contribution in [0, 0.1) is 0 Å². The van der Waals surface area contributed by atoms with E-state index in [0.717, 1.165) is 11.3 Å². The minimum Gasteiger partial charge on any atom is -0.496 e. The standard InChI is InChI=1S/C11H11BFNO5S/c1-14-5-8(15)18-12(19-9(16)6-14)11(13)10(17)7-3-2-4-20-7/h2-4,11H,5-6H2,1H3/t11-/m0/s1. The van der Waals surface area contributed by atoms with Crippen LogP contribution in [0.5, 0.6) is 0 Å². The molecule has 20 heavy (non-hydrogen) atoms. The van der Waals surface area contributed by atoms with E-state index in [-0.39, 0.29) is 18.0 Å². The molecule has 1 aromatic rings. The topological polar surface area (TPSA) is 72.9 Å². The van der Waals surface area contributed by atoms with Gasteiger partial charge >= 0.3 is 19.1 Å². The Labute approximate surface area is 118 Å². The van der Waals surface area contributed by atoms with Gasteiger partial charge in [0.1, 0.15) is 0 Å². The van der Waals surface area contributed by atoms with Gasteiger partial charge in [-0.05, 0) is 18.5 Å². The lowest BCUT2D eigenvalue weighted by Gasteiger charge is -2.23. The van der Waals surface area contributed by atoms with Crippen molar-refractivity contribution in [3.63, 3.8) is 0 Å². The average Bonchev–Trinajstić information content (AvgIpc) is 2.87. The van der Waals surface area contributed by atoms with Gasteiger partial charge in [-0.25, -0.2) is 4.39 Å². The molecule has 0 bridgehead atoms. The Bertz CT molecular complexity index is 503. The first-order valence-corrected chi connectivity index (χ1v) is 6.64. The van der Waals surface area contributed by atoms with E-state index >= 15 is 0 Å². The predicted octanol–water partition coefficient (Wildman–Crippen LogP) is 0.328. The molecular formula is C11H11BFNO5S. The van der Waals surface area contributed by atoms with Crippen LogP contribution in [0.4, 0.5) is 4.39 Å². The lowest BCUT2D eigenvalue weighted by molar-refractivity contribution is -0.146. The Morgan fingerprint density at radius 1 is 1.40 bits per heavy atom. The number of Topliss-reactive ketones (excluding diaryl/α,β-unsaturated/α-hetero) is 1. The summed E-state index contributed by atoms with van der Waals surface area (Å²) in [6, 6.07) is 3.04. The minimum atomic E-state index is -2.23. The van der Waals surface area contributed by atoms with Crippen molar-refractivity contribution in [1.29, 1.82) is 0 Å². The SMILES string of the molecule is CN1CC(=O)OB([C@@H](F)C(=O)c2cccs2)OC(=O)C1. The normalized spacial score (nSPS) is 18.8. The summed E-state index contributed by atoms with van der Waals surface area (Å²) in [6.45, 7) is -0.350. The van der Waals surface area contributed by atoms with Crippen molar-refractivity contribution in [3.8, 4) is 0 Å². The van der Waals surface area contributed by atoms with E-state index in [2.05, 4.69) is 0 Å². The van der Waals surface area contributed by atoms with Crippen molar-refractivity contribution in [2.75, 3.05) is 20.1 Å². The molecule has 2 rings (SSSR count). The number of alkyl halides is 1. The molecule has 1 atom stereocenters. The number of carbonyl (C=O) groups is 3. The molecule has 0 unspecified atom stereocenters. The number of rotatable bonds is 3. The predicted molar refractivity (Wildman–Crippen MR) is 69.0 cm³/mol. The second-order valence-electron chi connectivity index (χ2n) is 4.26. The minimum absolute atomic E-state index is 0.170. The highest BCUT2D eigenvalue weighted by Crippen LogP contribution is 2.16. The van der Waals surface area contributed by atoms with Gasteiger partial charge in [0, 0.05) is 0 Å². The molecule has 0 radical (unpaired) electrons. The van der Waals surface area contributed by atoms with Gasteiger partial charge in [0.15, 0.2) is 0 Å². The monoisotopic (exact) mass is 299 g/mol. The second kappa shape index (κ2) is 6.14. The molecule has 106 valence electrons. The molecule has 1 saturated heterocycles. The van der Waals surface area contributed by atoms with Gasteiger partial charge in [0.25, 0.3) is 0 Å². The highest BCUT2D eigenvalue weighted by atomic mass is 32.1. The molecule has 0 N–H and O–H groups in total.